The van der Waals surface area contributed by atoms with Gasteiger partial charge in [0.25, 0.3) is 5.91 Å². The zero-order valence-corrected chi connectivity index (χ0v) is 15.7. The summed E-state index contributed by atoms with van der Waals surface area (Å²) < 4.78 is 0. The van der Waals surface area contributed by atoms with Gasteiger partial charge in [-0.2, -0.15) is 0 Å². The minimum atomic E-state index is -0.756. The number of aromatic nitrogens is 2. The van der Waals surface area contributed by atoms with Gasteiger partial charge in [-0.05, 0) is 36.1 Å². The lowest BCUT2D eigenvalue weighted by Crippen LogP contribution is -2.47. The summed E-state index contributed by atoms with van der Waals surface area (Å²) in [6, 6.07) is 13.8. The van der Waals surface area contributed by atoms with Crippen LogP contribution in [0.25, 0.3) is 10.4 Å². The van der Waals surface area contributed by atoms with Gasteiger partial charge in [-0.3, -0.25) is 9.78 Å². The minimum absolute atomic E-state index is 0.0650. The number of carbonyl (C=O) groups is 1. The number of amides is 1. The highest BCUT2D eigenvalue weighted by atomic mass is 32.1. The molecule has 0 atom stereocenters. The number of piperidine rings is 1. The van der Waals surface area contributed by atoms with Crippen molar-refractivity contribution in [3.63, 3.8) is 0 Å². The Labute approximate surface area is 162 Å². The summed E-state index contributed by atoms with van der Waals surface area (Å²) in [6.45, 7) is 1.07. The third kappa shape index (κ3) is 3.91. The van der Waals surface area contributed by atoms with Crippen molar-refractivity contribution >= 4 is 17.2 Å². The highest BCUT2D eigenvalue weighted by Crippen LogP contribution is 2.31. The maximum absolute atomic E-state index is 13.0. The quantitative estimate of drug-likeness (QED) is 0.754. The first-order valence-corrected chi connectivity index (χ1v) is 9.92. The Hall–Kier alpha value is -2.57. The molecule has 1 N–H and O–H groups in total. The number of thiazole rings is 1. The van der Waals surface area contributed by atoms with E-state index in [1.165, 1.54) is 11.3 Å². The van der Waals surface area contributed by atoms with Crippen LogP contribution in [-0.4, -0.2) is 44.6 Å². The molecule has 138 valence electrons. The molecule has 1 amide bonds. The third-order valence-corrected chi connectivity index (χ3v) is 5.95. The maximum Gasteiger partial charge on any atom is 0.273 e. The van der Waals surface area contributed by atoms with Crippen LogP contribution in [-0.2, 0) is 6.42 Å². The van der Waals surface area contributed by atoms with E-state index in [-0.39, 0.29) is 5.91 Å². The summed E-state index contributed by atoms with van der Waals surface area (Å²) in [6.07, 6.45) is 5.20. The summed E-state index contributed by atoms with van der Waals surface area (Å²) in [5.41, 5.74) is 3.51. The van der Waals surface area contributed by atoms with Crippen molar-refractivity contribution in [3.05, 3.63) is 71.6 Å². The first-order valence-electron chi connectivity index (χ1n) is 9.04. The van der Waals surface area contributed by atoms with Crippen LogP contribution in [0.3, 0.4) is 0 Å². The lowest BCUT2D eigenvalue weighted by molar-refractivity contribution is -0.0163. The number of rotatable bonds is 4. The van der Waals surface area contributed by atoms with Crippen LogP contribution in [0.1, 0.15) is 28.9 Å². The zero-order valence-electron chi connectivity index (χ0n) is 14.9. The molecule has 2 aromatic heterocycles. The minimum Gasteiger partial charge on any atom is -0.389 e. The molecule has 0 spiro atoms. The highest BCUT2D eigenvalue weighted by molar-refractivity contribution is 7.13. The highest BCUT2D eigenvalue weighted by Gasteiger charge is 2.35. The second-order valence-corrected chi connectivity index (χ2v) is 7.80. The summed E-state index contributed by atoms with van der Waals surface area (Å²) in [4.78, 5) is 24.0. The average molecular weight is 379 g/mol. The summed E-state index contributed by atoms with van der Waals surface area (Å²) in [5, 5.41) is 10.9. The Kier molecular flexibility index (Phi) is 5.01. The van der Waals surface area contributed by atoms with E-state index in [0.29, 0.717) is 38.0 Å². The first-order chi connectivity index (χ1) is 13.1. The average Bonchev–Trinajstić information content (AvgIpc) is 3.19. The number of likely N-dealkylation sites (tertiary alicyclic amines) is 1. The van der Waals surface area contributed by atoms with Crippen molar-refractivity contribution in [2.45, 2.75) is 24.9 Å². The predicted molar refractivity (Wildman–Crippen MR) is 106 cm³/mol. The second-order valence-electron chi connectivity index (χ2n) is 6.94. The molecule has 0 saturated carbocycles. The Bertz CT molecular complexity index is 903. The molecule has 0 unspecified atom stereocenters. The summed E-state index contributed by atoms with van der Waals surface area (Å²) >= 11 is 1.46. The topological polar surface area (TPSA) is 66.3 Å². The molecule has 1 saturated heterocycles. The van der Waals surface area contributed by atoms with E-state index in [2.05, 4.69) is 9.97 Å². The van der Waals surface area contributed by atoms with Crippen LogP contribution < -0.4 is 0 Å². The van der Waals surface area contributed by atoms with Crippen molar-refractivity contribution in [2.24, 2.45) is 0 Å². The first kappa shape index (κ1) is 17.8. The molecule has 0 radical (unpaired) electrons. The fourth-order valence-electron chi connectivity index (χ4n) is 3.54. The SMILES string of the molecule is O=C(c1ncsc1-c1ccncc1)N1CCC(O)(Cc2ccccc2)CC1. The van der Waals surface area contributed by atoms with E-state index in [0.717, 1.165) is 16.0 Å². The molecule has 5 nitrogen and oxygen atoms in total. The molecule has 1 fully saturated rings. The van der Waals surface area contributed by atoms with Gasteiger partial charge >= 0.3 is 0 Å². The number of nitrogens with zero attached hydrogens (tertiary/aromatic N) is 3. The molecular formula is C21H21N3O2S. The molecule has 3 heterocycles. The van der Waals surface area contributed by atoms with Crippen molar-refractivity contribution in [1.82, 2.24) is 14.9 Å². The van der Waals surface area contributed by atoms with Gasteiger partial charge in [-0.15, -0.1) is 11.3 Å². The van der Waals surface area contributed by atoms with Crippen molar-refractivity contribution in [2.75, 3.05) is 13.1 Å². The van der Waals surface area contributed by atoms with Crippen LogP contribution in [0.4, 0.5) is 0 Å². The Morgan fingerprint density at radius 3 is 2.52 bits per heavy atom. The summed E-state index contributed by atoms with van der Waals surface area (Å²) in [5.74, 6) is -0.0650. The zero-order chi connectivity index (χ0) is 18.7. The van der Waals surface area contributed by atoms with Crippen molar-refractivity contribution in [1.29, 1.82) is 0 Å². The number of benzene rings is 1. The van der Waals surface area contributed by atoms with Crippen LogP contribution in [0.2, 0.25) is 0 Å². The largest absolute Gasteiger partial charge is 0.389 e. The fourth-order valence-corrected chi connectivity index (χ4v) is 4.32. The number of pyridine rings is 1. The fraction of sp³-hybridized carbons (Fsp3) is 0.286. The molecule has 0 aliphatic carbocycles. The smallest absolute Gasteiger partial charge is 0.273 e. The van der Waals surface area contributed by atoms with E-state index >= 15 is 0 Å². The van der Waals surface area contributed by atoms with Gasteiger partial charge in [0.05, 0.1) is 16.0 Å². The molecule has 6 heteroatoms. The Morgan fingerprint density at radius 2 is 1.81 bits per heavy atom. The van der Waals surface area contributed by atoms with Crippen molar-refractivity contribution < 1.29 is 9.90 Å². The molecule has 3 aromatic rings. The van der Waals surface area contributed by atoms with E-state index in [9.17, 15) is 9.90 Å². The monoisotopic (exact) mass is 379 g/mol. The van der Waals surface area contributed by atoms with Gasteiger partial charge in [-0.25, -0.2) is 4.98 Å². The van der Waals surface area contributed by atoms with Crippen LogP contribution >= 0.6 is 11.3 Å². The number of hydrogen-bond acceptors (Lipinski definition) is 5. The molecule has 27 heavy (non-hydrogen) atoms. The van der Waals surface area contributed by atoms with Crippen LogP contribution in [0, 0.1) is 0 Å². The predicted octanol–water partition coefficient (Wildman–Crippen LogP) is 3.41. The van der Waals surface area contributed by atoms with Gasteiger partial charge in [0.1, 0.15) is 5.69 Å². The number of hydrogen-bond donors (Lipinski definition) is 1. The maximum atomic E-state index is 13.0. The van der Waals surface area contributed by atoms with Gasteiger partial charge in [0.15, 0.2) is 0 Å². The molecule has 4 rings (SSSR count). The second kappa shape index (κ2) is 7.58. The molecule has 0 bridgehead atoms. The van der Waals surface area contributed by atoms with Crippen molar-refractivity contribution in [3.8, 4) is 10.4 Å². The van der Waals surface area contributed by atoms with E-state index in [1.807, 2.05) is 42.5 Å². The van der Waals surface area contributed by atoms with Gasteiger partial charge in [0, 0.05) is 31.9 Å². The van der Waals surface area contributed by atoms with Gasteiger partial charge in [-0.1, -0.05) is 30.3 Å². The van der Waals surface area contributed by atoms with E-state index < -0.39 is 5.60 Å². The number of aliphatic hydroxyl groups is 1. The lowest BCUT2D eigenvalue weighted by atomic mass is 9.85. The Morgan fingerprint density at radius 1 is 1.11 bits per heavy atom. The van der Waals surface area contributed by atoms with E-state index in [4.69, 9.17) is 0 Å². The van der Waals surface area contributed by atoms with Gasteiger partial charge in [0.2, 0.25) is 0 Å². The third-order valence-electron chi connectivity index (χ3n) is 5.07. The van der Waals surface area contributed by atoms with Crippen LogP contribution in [0.15, 0.2) is 60.4 Å². The normalized spacial score (nSPS) is 16.3. The van der Waals surface area contributed by atoms with Crippen LogP contribution in [0.5, 0.6) is 0 Å². The Balaban J connectivity index is 1.45. The standard InChI is InChI=1S/C21H21N3O2S/c25-20(18-19(27-15-23-18)17-6-10-22-11-7-17)24-12-8-21(26,9-13-24)14-16-4-2-1-3-5-16/h1-7,10-11,15,26H,8-9,12-14H2. The molecular weight excluding hydrogens is 358 g/mol. The van der Waals surface area contributed by atoms with E-state index in [1.54, 1.807) is 22.8 Å². The lowest BCUT2D eigenvalue weighted by Gasteiger charge is -2.38. The summed E-state index contributed by atoms with van der Waals surface area (Å²) in [7, 11) is 0. The van der Waals surface area contributed by atoms with Gasteiger partial charge < -0.3 is 10.0 Å². The molecule has 1 aliphatic heterocycles. The molecule has 1 aromatic carbocycles. The number of carbonyl (C=O) groups excluding carboxylic acids is 1. The molecule has 1 aliphatic rings.